The summed E-state index contributed by atoms with van der Waals surface area (Å²) in [4.78, 5) is 18.0. The molecule has 2 N–H and O–H groups in total. The summed E-state index contributed by atoms with van der Waals surface area (Å²) in [5, 5.41) is 8.90. The summed E-state index contributed by atoms with van der Waals surface area (Å²) in [6.45, 7) is 5.38. The molecule has 1 aromatic carbocycles. The molecule has 0 aliphatic carbocycles. The number of hydrogen-bond acceptors (Lipinski definition) is 5. The molecule has 1 amide bonds. The van der Waals surface area contributed by atoms with Crippen LogP contribution in [0.15, 0.2) is 35.7 Å². The second kappa shape index (κ2) is 7.67. The fraction of sp³-hybridized carbons (Fsp3) is 0.438. The number of amides is 1. The average molecular weight is 354 g/mol. The Balaban J connectivity index is 1.77. The van der Waals surface area contributed by atoms with Crippen molar-refractivity contribution in [3.05, 3.63) is 36.4 Å². The number of hydrogen-bond donors (Lipinski definition) is 2. The van der Waals surface area contributed by atoms with Crippen LogP contribution in [-0.2, 0) is 14.7 Å². The first kappa shape index (κ1) is 18.3. The van der Waals surface area contributed by atoms with Gasteiger partial charge in [0.1, 0.15) is 0 Å². The summed E-state index contributed by atoms with van der Waals surface area (Å²) in [5.41, 5.74) is 4.04. The van der Waals surface area contributed by atoms with E-state index in [0.717, 1.165) is 24.7 Å². The van der Waals surface area contributed by atoms with E-state index in [-0.39, 0.29) is 4.90 Å². The standard InChI is InChI=1S/C16H22N2O5S/c1-12(14-3-5-15(6-4-14)24(2,21)22)17-23-11-13-7-9-18(10-8-13)16(19)20/h3-6,13,17H,1,7-11H2,2H3,(H,19,20). The van der Waals surface area contributed by atoms with E-state index in [9.17, 15) is 13.2 Å². The lowest BCUT2D eigenvalue weighted by molar-refractivity contribution is 0.0295. The first-order valence-corrected chi connectivity index (χ1v) is 9.51. The molecule has 0 spiro atoms. The van der Waals surface area contributed by atoms with E-state index in [1.807, 2.05) is 0 Å². The number of rotatable bonds is 6. The molecule has 1 aliphatic heterocycles. The van der Waals surface area contributed by atoms with Crippen molar-refractivity contribution in [3.63, 3.8) is 0 Å². The molecular formula is C16H22N2O5S. The number of nitrogens with zero attached hydrogens (tertiary/aromatic N) is 1. The van der Waals surface area contributed by atoms with Gasteiger partial charge in [-0.3, -0.25) is 10.3 Å². The number of carboxylic acid groups (broad SMARTS) is 1. The van der Waals surface area contributed by atoms with Crippen LogP contribution in [0.2, 0.25) is 0 Å². The van der Waals surface area contributed by atoms with Gasteiger partial charge in [-0.05, 0) is 36.5 Å². The predicted molar refractivity (Wildman–Crippen MR) is 90.0 cm³/mol. The van der Waals surface area contributed by atoms with Crippen LogP contribution in [0.1, 0.15) is 18.4 Å². The summed E-state index contributed by atoms with van der Waals surface area (Å²) in [5.74, 6) is 0.300. The maximum Gasteiger partial charge on any atom is 0.407 e. The Labute approximate surface area is 141 Å². The quantitative estimate of drug-likeness (QED) is 0.758. The van der Waals surface area contributed by atoms with Gasteiger partial charge in [0, 0.05) is 19.3 Å². The molecule has 0 atom stereocenters. The van der Waals surface area contributed by atoms with Gasteiger partial charge in [0.15, 0.2) is 9.84 Å². The summed E-state index contributed by atoms with van der Waals surface area (Å²) >= 11 is 0. The lowest BCUT2D eigenvalue weighted by Crippen LogP contribution is -2.38. The minimum absolute atomic E-state index is 0.255. The Kier molecular flexibility index (Phi) is 5.84. The number of piperidine rings is 1. The number of likely N-dealkylation sites (tertiary alicyclic amines) is 1. The average Bonchev–Trinajstić information content (AvgIpc) is 2.54. The van der Waals surface area contributed by atoms with Crippen molar-refractivity contribution < 1.29 is 23.2 Å². The lowest BCUT2D eigenvalue weighted by atomic mass is 9.98. The maximum absolute atomic E-state index is 11.4. The van der Waals surface area contributed by atoms with Crippen LogP contribution in [0.5, 0.6) is 0 Å². The molecule has 1 aliphatic rings. The van der Waals surface area contributed by atoms with E-state index in [2.05, 4.69) is 12.1 Å². The molecule has 2 rings (SSSR count). The molecule has 8 heteroatoms. The number of benzene rings is 1. The van der Waals surface area contributed by atoms with Gasteiger partial charge >= 0.3 is 6.09 Å². The number of carbonyl (C=O) groups is 1. The van der Waals surface area contributed by atoms with E-state index < -0.39 is 15.9 Å². The Hall–Kier alpha value is -2.06. The highest BCUT2D eigenvalue weighted by atomic mass is 32.2. The zero-order chi connectivity index (χ0) is 17.7. The first-order chi connectivity index (χ1) is 11.3. The number of hydroxylamine groups is 1. The lowest BCUT2D eigenvalue weighted by Gasteiger charge is -2.29. The van der Waals surface area contributed by atoms with Crippen molar-refractivity contribution in [2.24, 2.45) is 5.92 Å². The molecule has 1 saturated heterocycles. The van der Waals surface area contributed by atoms with Crippen molar-refractivity contribution in [1.29, 1.82) is 0 Å². The molecule has 0 aromatic heterocycles. The van der Waals surface area contributed by atoms with Crippen LogP contribution in [0.4, 0.5) is 4.79 Å². The molecule has 1 fully saturated rings. The van der Waals surface area contributed by atoms with E-state index in [4.69, 9.17) is 9.94 Å². The molecule has 0 unspecified atom stereocenters. The van der Waals surface area contributed by atoms with Gasteiger partial charge in [0.2, 0.25) is 0 Å². The minimum Gasteiger partial charge on any atom is -0.465 e. The van der Waals surface area contributed by atoms with Crippen LogP contribution < -0.4 is 5.48 Å². The molecule has 1 aromatic rings. The van der Waals surface area contributed by atoms with Gasteiger partial charge in [-0.1, -0.05) is 18.7 Å². The molecule has 0 radical (unpaired) electrons. The van der Waals surface area contributed by atoms with E-state index in [1.54, 1.807) is 12.1 Å². The summed E-state index contributed by atoms with van der Waals surface area (Å²) in [6.07, 6.45) is 1.82. The monoisotopic (exact) mass is 354 g/mol. The maximum atomic E-state index is 11.4. The zero-order valence-electron chi connectivity index (χ0n) is 13.6. The van der Waals surface area contributed by atoms with Crippen LogP contribution >= 0.6 is 0 Å². The normalized spacial score (nSPS) is 16.0. The van der Waals surface area contributed by atoms with E-state index in [0.29, 0.717) is 31.3 Å². The predicted octanol–water partition coefficient (Wildman–Crippen LogP) is 1.97. The van der Waals surface area contributed by atoms with Crippen molar-refractivity contribution in [2.75, 3.05) is 26.0 Å². The van der Waals surface area contributed by atoms with E-state index >= 15 is 0 Å². The molecule has 0 bridgehead atoms. The highest BCUT2D eigenvalue weighted by Gasteiger charge is 2.22. The minimum atomic E-state index is -3.21. The summed E-state index contributed by atoms with van der Waals surface area (Å²) < 4.78 is 22.8. The van der Waals surface area contributed by atoms with Gasteiger partial charge in [-0.25, -0.2) is 13.2 Å². The van der Waals surface area contributed by atoms with Crippen LogP contribution in [0.3, 0.4) is 0 Å². The first-order valence-electron chi connectivity index (χ1n) is 7.62. The van der Waals surface area contributed by atoms with Crippen LogP contribution in [0.25, 0.3) is 5.70 Å². The third kappa shape index (κ3) is 4.97. The van der Waals surface area contributed by atoms with Gasteiger partial charge in [-0.15, -0.1) is 0 Å². The van der Waals surface area contributed by atoms with Crippen molar-refractivity contribution >= 4 is 21.6 Å². The largest absolute Gasteiger partial charge is 0.465 e. The Bertz CT molecular complexity index is 692. The van der Waals surface area contributed by atoms with Crippen molar-refractivity contribution in [2.45, 2.75) is 17.7 Å². The van der Waals surface area contributed by atoms with Gasteiger partial charge in [0.25, 0.3) is 0 Å². The fourth-order valence-corrected chi connectivity index (χ4v) is 3.13. The van der Waals surface area contributed by atoms with Crippen LogP contribution in [0, 0.1) is 5.92 Å². The summed E-state index contributed by atoms with van der Waals surface area (Å²) in [7, 11) is -3.21. The third-order valence-electron chi connectivity index (χ3n) is 4.03. The zero-order valence-corrected chi connectivity index (χ0v) is 14.4. The van der Waals surface area contributed by atoms with Gasteiger partial charge < -0.3 is 10.0 Å². The Morgan fingerprint density at radius 2 is 1.92 bits per heavy atom. The Morgan fingerprint density at radius 3 is 2.42 bits per heavy atom. The molecular weight excluding hydrogens is 332 g/mol. The van der Waals surface area contributed by atoms with Crippen molar-refractivity contribution in [1.82, 2.24) is 10.4 Å². The molecule has 7 nitrogen and oxygen atoms in total. The summed E-state index contributed by atoms with van der Waals surface area (Å²) in [6, 6.07) is 6.39. The second-order valence-corrected chi connectivity index (χ2v) is 7.92. The second-order valence-electron chi connectivity index (χ2n) is 5.90. The Morgan fingerprint density at radius 1 is 1.33 bits per heavy atom. The SMILES string of the molecule is C=C(NOCC1CCN(C(=O)O)CC1)c1ccc(S(C)(=O)=O)cc1. The van der Waals surface area contributed by atoms with E-state index in [1.165, 1.54) is 17.0 Å². The third-order valence-corrected chi connectivity index (χ3v) is 5.16. The smallest absolute Gasteiger partial charge is 0.407 e. The molecule has 24 heavy (non-hydrogen) atoms. The van der Waals surface area contributed by atoms with Gasteiger partial charge in [-0.2, -0.15) is 0 Å². The number of nitrogens with one attached hydrogen (secondary N) is 1. The van der Waals surface area contributed by atoms with Crippen molar-refractivity contribution in [3.8, 4) is 0 Å². The fourth-order valence-electron chi connectivity index (χ4n) is 2.50. The molecule has 132 valence electrons. The van der Waals surface area contributed by atoms with Gasteiger partial charge in [0.05, 0.1) is 17.2 Å². The molecule has 0 saturated carbocycles. The highest BCUT2D eigenvalue weighted by molar-refractivity contribution is 7.90. The topological polar surface area (TPSA) is 95.9 Å². The molecule has 1 heterocycles. The highest BCUT2D eigenvalue weighted by Crippen LogP contribution is 2.18. The van der Waals surface area contributed by atoms with Crippen LogP contribution in [-0.4, -0.2) is 50.5 Å². The number of sulfone groups is 1.